The van der Waals surface area contributed by atoms with Gasteiger partial charge in [-0.1, -0.05) is 12.1 Å². The molecule has 1 amide bonds. The zero-order valence-electron chi connectivity index (χ0n) is 14.1. The molecule has 2 aliphatic rings. The summed E-state index contributed by atoms with van der Waals surface area (Å²) in [6.07, 6.45) is 3.99. The Hall–Kier alpha value is -1.99. The van der Waals surface area contributed by atoms with E-state index < -0.39 is 0 Å². The van der Waals surface area contributed by atoms with Crippen LogP contribution in [0.4, 0.5) is 5.82 Å². The summed E-state index contributed by atoms with van der Waals surface area (Å²) in [5.74, 6) is 0.378. The number of ether oxygens (including phenoxy) is 1. The third kappa shape index (κ3) is 3.02. The molecule has 2 aliphatic heterocycles. The lowest BCUT2D eigenvalue weighted by Gasteiger charge is -2.28. The van der Waals surface area contributed by atoms with Crippen LogP contribution in [-0.2, 0) is 9.53 Å². The first-order valence-electron chi connectivity index (χ1n) is 8.53. The van der Waals surface area contributed by atoms with E-state index in [0.717, 1.165) is 23.3 Å². The van der Waals surface area contributed by atoms with Gasteiger partial charge in [0.2, 0.25) is 5.91 Å². The van der Waals surface area contributed by atoms with Crippen LogP contribution in [0.3, 0.4) is 0 Å². The minimum absolute atomic E-state index is 0.0498. The molecule has 1 atom stereocenters. The molecule has 0 radical (unpaired) electrons. The maximum atomic E-state index is 12.7. The summed E-state index contributed by atoms with van der Waals surface area (Å²) in [4.78, 5) is 26.2. The van der Waals surface area contributed by atoms with Gasteiger partial charge < -0.3 is 10.1 Å². The van der Waals surface area contributed by atoms with E-state index >= 15 is 0 Å². The van der Waals surface area contributed by atoms with Crippen LogP contribution >= 0.6 is 11.8 Å². The molecular formula is C18H21N3O3S. The average Bonchev–Trinajstić information content (AvgIpc) is 2.98. The zero-order chi connectivity index (χ0) is 17.4. The Morgan fingerprint density at radius 2 is 1.88 bits per heavy atom. The number of thioether (sulfide) groups is 1. The second kappa shape index (κ2) is 6.72. The number of carbonyl (C=O) groups excluding carboxylic acids is 1. The van der Waals surface area contributed by atoms with Gasteiger partial charge in [0.1, 0.15) is 5.82 Å². The molecular weight excluding hydrogens is 338 g/mol. The Kier molecular flexibility index (Phi) is 4.43. The lowest BCUT2D eigenvalue weighted by atomic mass is 9.87. The molecule has 6 nitrogen and oxygen atoms in total. The standard InChI is InChI=1S/C18H21N3O3S/c1-25-13-4-2-11(3-5-13)14-10-15(22)19-17-16(14)18(23)20-21(17)12-6-8-24-9-7-12/h2-5,12,14H,6-10H2,1H3,(H,19,22)(H,20,23). The summed E-state index contributed by atoms with van der Waals surface area (Å²) in [5.41, 5.74) is 1.56. The van der Waals surface area contributed by atoms with Crippen LogP contribution in [0.15, 0.2) is 34.0 Å². The van der Waals surface area contributed by atoms with Crippen molar-refractivity contribution in [1.82, 2.24) is 9.78 Å². The fourth-order valence-corrected chi connectivity index (χ4v) is 4.13. The fraction of sp³-hybridized carbons (Fsp3) is 0.444. The minimum Gasteiger partial charge on any atom is -0.381 e. The van der Waals surface area contributed by atoms with E-state index in [-0.39, 0.29) is 23.4 Å². The van der Waals surface area contributed by atoms with Crippen molar-refractivity contribution in [3.8, 4) is 0 Å². The van der Waals surface area contributed by atoms with Gasteiger partial charge in [0, 0.05) is 30.4 Å². The van der Waals surface area contributed by atoms with Gasteiger partial charge >= 0.3 is 0 Å². The van der Waals surface area contributed by atoms with E-state index in [9.17, 15) is 9.59 Å². The highest BCUT2D eigenvalue weighted by Gasteiger charge is 2.34. The van der Waals surface area contributed by atoms with Crippen LogP contribution < -0.4 is 10.9 Å². The van der Waals surface area contributed by atoms with E-state index in [2.05, 4.69) is 10.4 Å². The van der Waals surface area contributed by atoms with Crippen LogP contribution in [0.2, 0.25) is 0 Å². The Morgan fingerprint density at radius 3 is 2.56 bits per heavy atom. The van der Waals surface area contributed by atoms with Crippen LogP contribution in [0, 0.1) is 0 Å². The van der Waals surface area contributed by atoms with Crippen LogP contribution in [-0.4, -0.2) is 35.2 Å². The number of H-pyrrole nitrogens is 1. The third-order valence-corrected chi connectivity index (χ3v) is 5.78. The topological polar surface area (TPSA) is 76.1 Å². The molecule has 0 bridgehead atoms. The van der Waals surface area contributed by atoms with E-state index in [4.69, 9.17) is 4.74 Å². The summed E-state index contributed by atoms with van der Waals surface area (Å²) in [7, 11) is 0. The van der Waals surface area contributed by atoms with Crippen molar-refractivity contribution >= 4 is 23.5 Å². The number of aromatic amines is 1. The molecule has 0 aliphatic carbocycles. The second-order valence-corrected chi connectivity index (χ2v) is 7.37. The minimum atomic E-state index is -0.204. The van der Waals surface area contributed by atoms with Gasteiger partial charge in [0.15, 0.2) is 0 Å². The molecule has 1 saturated heterocycles. The van der Waals surface area contributed by atoms with Gasteiger partial charge in [0.25, 0.3) is 5.56 Å². The number of rotatable bonds is 3. The highest BCUT2D eigenvalue weighted by atomic mass is 32.2. The van der Waals surface area contributed by atoms with Gasteiger partial charge in [-0.3, -0.25) is 19.4 Å². The molecule has 1 unspecified atom stereocenters. The molecule has 7 heteroatoms. The number of nitrogens with one attached hydrogen (secondary N) is 2. The lowest BCUT2D eigenvalue weighted by Crippen LogP contribution is -2.28. The summed E-state index contributed by atoms with van der Waals surface area (Å²) in [6.45, 7) is 1.35. The Labute approximate surface area is 149 Å². The largest absolute Gasteiger partial charge is 0.381 e. The van der Waals surface area contributed by atoms with Crippen molar-refractivity contribution < 1.29 is 9.53 Å². The smallest absolute Gasteiger partial charge is 0.270 e. The van der Waals surface area contributed by atoms with E-state index in [1.165, 1.54) is 0 Å². The van der Waals surface area contributed by atoms with Gasteiger partial charge in [-0.05, 0) is 36.8 Å². The Morgan fingerprint density at radius 1 is 1.16 bits per heavy atom. The molecule has 1 aromatic heterocycles. The third-order valence-electron chi connectivity index (χ3n) is 5.03. The normalized spacial score (nSPS) is 21.0. The quantitative estimate of drug-likeness (QED) is 0.826. The Bertz CT molecular complexity index is 834. The molecule has 3 heterocycles. The maximum Gasteiger partial charge on any atom is 0.270 e. The number of anilines is 1. The maximum absolute atomic E-state index is 12.7. The van der Waals surface area contributed by atoms with Crippen molar-refractivity contribution in [2.45, 2.75) is 36.1 Å². The summed E-state index contributed by atoms with van der Waals surface area (Å²) < 4.78 is 7.26. The number of benzene rings is 1. The number of carbonyl (C=O) groups is 1. The molecule has 0 saturated carbocycles. The molecule has 1 fully saturated rings. The van der Waals surface area contributed by atoms with E-state index in [0.29, 0.717) is 31.0 Å². The fourth-order valence-electron chi connectivity index (χ4n) is 3.72. The van der Waals surface area contributed by atoms with Crippen molar-refractivity contribution in [1.29, 1.82) is 0 Å². The molecule has 0 spiro atoms. The lowest BCUT2D eigenvalue weighted by molar-refractivity contribution is -0.116. The average molecular weight is 359 g/mol. The number of amides is 1. The van der Waals surface area contributed by atoms with Crippen molar-refractivity contribution in [3.63, 3.8) is 0 Å². The number of hydrogen-bond acceptors (Lipinski definition) is 4. The van der Waals surface area contributed by atoms with E-state index in [1.807, 2.05) is 35.2 Å². The van der Waals surface area contributed by atoms with Gasteiger partial charge in [0.05, 0.1) is 11.6 Å². The summed E-state index contributed by atoms with van der Waals surface area (Å²) in [6, 6.07) is 8.27. The van der Waals surface area contributed by atoms with Crippen LogP contribution in [0.5, 0.6) is 0 Å². The monoisotopic (exact) mass is 359 g/mol. The number of aromatic nitrogens is 2. The molecule has 4 rings (SSSR count). The van der Waals surface area contributed by atoms with Gasteiger partial charge in [-0.2, -0.15) is 0 Å². The van der Waals surface area contributed by atoms with E-state index in [1.54, 1.807) is 11.8 Å². The van der Waals surface area contributed by atoms with Gasteiger partial charge in [-0.25, -0.2) is 0 Å². The van der Waals surface area contributed by atoms with Crippen LogP contribution in [0.1, 0.15) is 42.3 Å². The predicted molar refractivity (Wildman–Crippen MR) is 97.5 cm³/mol. The van der Waals surface area contributed by atoms with Crippen molar-refractivity contribution in [3.05, 3.63) is 45.7 Å². The predicted octanol–water partition coefficient (Wildman–Crippen LogP) is 2.72. The second-order valence-electron chi connectivity index (χ2n) is 6.49. The molecule has 132 valence electrons. The molecule has 25 heavy (non-hydrogen) atoms. The first-order chi connectivity index (χ1) is 12.2. The highest BCUT2D eigenvalue weighted by Crippen LogP contribution is 2.37. The molecule has 2 N–H and O–H groups in total. The first kappa shape index (κ1) is 16.5. The zero-order valence-corrected chi connectivity index (χ0v) is 14.9. The summed E-state index contributed by atoms with van der Waals surface area (Å²) >= 11 is 1.67. The SMILES string of the molecule is CSc1ccc(C2CC(=O)Nc3c2c(=O)[nH]n3C2CCOCC2)cc1. The summed E-state index contributed by atoms with van der Waals surface area (Å²) in [5, 5.41) is 5.87. The number of hydrogen-bond donors (Lipinski definition) is 2. The number of fused-ring (bicyclic) bond motifs is 1. The first-order valence-corrected chi connectivity index (χ1v) is 9.76. The Balaban J connectivity index is 1.76. The van der Waals surface area contributed by atoms with Crippen molar-refractivity contribution in [2.24, 2.45) is 0 Å². The molecule has 1 aromatic carbocycles. The number of nitrogens with zero attached hydrogens (tertiary/aromatic N) is 1. The molecule has 2 aromatic rings. The van der Waals surface area contributed by atoms with Gasteiger partial charge in [-0.15, -0.1) is 11.8 Å². The highest BCUT2D eigenvalue weighted by molar-refractivity contribution is 7.98. The van der Waals surface area contributed by atoms with Crippen molar-refractivity contribution in [2.75, 3.05) is 24.8 Å². The van der Waals surface area contributed by atoms with Crippen LogP contribution in [0.25, 0.3) is 0 Å².